The molecule has 1 atom stereocenters. The van der Waals surface area contributed by atoms with E-state index >= 15 is 0 Å². The molecule has 0 bridgehead atoms. The van der Waals surface area contributed by atoms with E-state index in [0.717, 1.165) is 51.1 Å². The smallest absolute Gasteiger partial charge is 0.409 e. The maximum absolute atomic E-state index is 12.1. The Bertz CT molecular complexity index is 459. The van der Waals surface area contributed by atoms with Gasteiger partial charge >= 0.3 is 6.09 Å². The fraction of sp³-hybridized carbons (Fsp3) is 0.765. The lowest BCUT2D eigenvalue weighted by molar-refractivity contribution is 0.0895. The lowest BCUT2D eigenvalue weighted by Gasteiger charge is -2.32. The highest BCUT2D eigenvalue weighted by atomic mass is 16.6. The highest BCUT2D eigenvalue weighted by Crippen LogP contribution is 2.26. The summed E-state index contributed by atoms with van der Waals surface area (Å²) >= 11 is 0. The van der Waals surface area contributed by atoms with E-state index in [2.05, 4.69) is 29.6 Å². The molecule has 0 unspecified atom stereocenters. The Morgan fingerprint density at radius 2 is 2.18 bits per heavy atom. The van der Waals surface area contributed by atoms with Gasteiger partial charge in [-0.05, 0) is 25.7 Å². The molecule has 1 aromatic heterocycles. The van der Waals surface area contributed by atoms with E-state index in [0.29, 0.717) is 12.5 Å². The Hall–Kier alpha value is -1.52. The minimum absolute atomic E-state index is 0.162. The van der Waals surface area contributed by atoms with Gasteiger partial charge in [-0.25, -0.2) is 9.78 Å². The van der Waals surface area contributed by atoms with E-state index < -0.39 is 0 Å². The Kier molecular flexibility index (Phi) is 6.74. The number of nitrogens with zero attached hydrogens (tertiary/aromatic N) is 3. The van der Waals surface area contributed by atoms with Gasteiger partial charge in [0.2, 0.25) is 0 Å². The van der Waals surface area contributed by atoms with Crippen molar-refractivity contribution in [1.82, 2.24) is 14.5 Å². The standard InChI is InChI=1S/C17H29N3O2/c1-3-5-10-19-12-9-18-16(19)15-8-7-11-20(14-15)17(21)22-13-6-4-2/h9,12,15H,3-8,10-11,13-14H2,1-2H3/t15-/m0/s1. The summed E-state index contributed by atoms with van der Waals surface area (Å²) in [5.74, 6) is 1.46. The van der Waals surface area contributed by atoms with Gasteiger partial charge in [0, 0.05) is 37.9 Å². The normalized spacial score (nSPS) is 18.5. The van der Waals surface area contributed by atoms with Gasteiger partial charge in [0.1, 0.15) is 5.82 Å². The van der Waals surface area contributed by atoms with Gasteiger partial charge in [-0.3, -0.25) is 0 Å². The van der Waals surface area contributed by atoms with Crippen molar-refractivity contribution >= 4 is 6.09 Å². The van der Waals surface area contributed by atoms with Gasteiger partial charge in [0.05, 0.1) is 6.61 Å². The van der Waals surface area contributed by atoms with Crippen molar-refractivity contribution in [2.75, 3.05) is 19.7 Å². The largest absolute Gasteiger partial charge is 0.449 e. The monoisotopic (exact) mass is 307 g/mol. The summed E-state index contributed by atoms with van der Waals surface area (Å²) in [6.07, 6.45) is 10.2. The van der Waals surface area contributed by atoms with Crippen LogP contribution in [0.15, 0.2) is 12.4 Å². The number of carbonyl (C=O) groups excluding carboxylic acids is 1. The maximum atomic E-state index is 12.1. The van der Waals surface area contributed by atoms with Crippen molar-refractivity contribution in [3.05, 3.63) is 18.2 Å². The molecule has 22 heavy (non-hydrogen) atoms. The van der Waals surface area contributed by atoms with Crippen LogP contribution in [-0.4, -0.2) is 40.2 Å². The molecule has 2 rings (SSSR count). The molecule has 1 amide bonds. The number of ether oxygens (including phenoxy) is 1. The second-order valence-corrected chi connectivity index (χ2v) is 6.09. The molecule has 0 aromatic carbocycles. The van der Waals surface area contributed by atoms with Crippen molar-refractivity contribution < 1.29 is 9.53 Å². The Balaban J connectivity index is 1.92. The van der Waals surface area contributed by atoms with Crippen molar-refractivity contribution in [3.8, 4) is 0 Å². The van der Waals surface area contributed by atoms with E-state index in [9.17, 15) is 4.79 Å². The molecule has 1 saturated heterocycles. The highest BCUT2D eigenvalue weighted by molar-refractivity contribution is 5.67. The minimum atomic E-state index is -0.162. The molecular weight excluding hydrogens is 278 g/mol. The number of piperidine rings is 1. The van der Waals surface area contributed by atoms with Gasteiger partial charge < -0.3 is 14.2 Å². The van der Waals surface area contributed by atoms with Crippen molar-refractivity contribution in [2.24, 2.45) is 0 Å². The summed E-state index contributed by atoms with van der Waals surface area (Å²) in [6, 6.07) is 0. The SMILES string of the molecule is CCCCOC(=O)N1CCC[C@H](c2nccn2CCCC)C1. The third-order valence-corrected chi connectivity index (χ3v) is 4.27. The fourth-order valence-corrected chi connectivity index (χ4v) is 2.95. The van der Waals surface area contributed by atoms with Crippen LogP contribution in [0.3, 0.4) is 0 Å². The lowest BCUT2D eigenvalue weighted by atomic mass is 9.97. The first kappa shape index (κ1) is 16.8. The van der Waals surface area contributed by atoms with E-state index in [1.807, 2.05) is 11.1 Å². The summed E-state index contributed by atoms with van der Waals surface area (Å²) in [4.78, 5) is 18.5. The number of imidazole rings is 1. The van der Waals surface area contributed by atoms with Gasteiger partial charge in [-0.2, -0.15) is 0 Å². The molecule has 1 fully saturated rings. The third-order valence-electron chi connectivity index (χ3n) is 4.27. The van der Waals surface area contributed by atoms with E-state index in [1.165, 1.54) is 12.8 Å². The average molecular weight is 307 g/mol. The molecule has 5 nitrogen and oxygen atoms in total. The van der Waals surface area contributed by atoms with Crippen LogP contribution in [0, 0.1) is 0 Å². The van der Waals surface area contributed by atoms with Gasteiger partial charge in [-0.15, -0.1) is 0 Å². The molecule has 0 spiro atoms. The number of hydrogen-bond donors (Lipinski definition) is 0. The zero-order chi connectivity index (χ0) is 15.8. The van der Waals surface area contributed by atoms with E-state index in [-0.39, 0.29) is 6.09 Å². The van der Waals surface area contributed by atoms with Crippen molar-refractivity contribution in [3.63, 3.8) is 0 Å². The molecule has 0 aliphatic carbocycles. The average Bonchev–Trinajstić information content (AvgIpc) is 3.01. The molecule has 0 saturated carbocycles. The molecule has 5 heteroatoms. The summed E-state index contributed by atoms with van der Waals surface area (Å²) < 4.78 is 7.59. The molecule has 1 aliphatic rings. The van der Waals surface area contributed by atoms with Crippen LogP contribution >= 0.6 is 0 Å². The molecule has 1 aliphatic heterocycles. The molecule has 124 valence electrons. The van der Waals surface area contributed by atoms with Gasteiger partial charge in [-0.1, -0.05) is 26.7 Å². The molecule has 2 heterocycles. The second-order valence-electron chi connectivity index (χ2n) is 6.09. The van der Waals surface area contributed by atoms with Crippen LogP contribution in [0.2, 0.25) is 0 Å². The van der Waals surface area contributed by atoms with Crippen LogP contribution in [-0.2, 0) is 11.3 Å². The number of hydrogen-bond acceptors (Lipinski definition) is 3. The van der Waals surface area contributed by atoms with Gasteiger partial charge in [0.25, 0.3) is 0 Å². The van der Waals surface area contributed by atoms with Gasteiger partial charge in [0.15, 0.2) is 0 Å². The number of unbranched alkanes of at least 4 members (excludes halogenated alkanes) is 2. The number of amides is 1. The van der Waals surface area contributed by atoms with Crippen LogP contribution in [0.1, 0.15) is 64.1 Å². The minimum Gasteiger partial charge on any atom is -0.449 e. The Morgan fingerprint density at radius 3 is 2.95 bits per heavy atom. The third kappa shape index (κ3) is 4.49. The van der Waals surface area contributed by atoms with Crippen molar-refractivity contribution in [2.45, 2.75) is 64.8 Å². The Morgan fingerprint density at radius 1 is 1.36 bits per heavy atom. The van der Waals surface area contributed by atoms with Crippen LogP contribution in [0.5, 0.6) is 0 Å². The second kappa shape index (κ2) is 8.81. The fourth-order valence-electron chi connectivity index (χ4n) is 2.95. The van der Waals surface area contributed by atoms with Crippen LogP contribution in [0.4, 0.5) is 4.79 Å². The van der Waals surface area contributed by atoms with Crippen molar-refractivity contribution in [1.29, 1.82) is 0 Å². The highest BCUT2D eigenvalue weighted by Gasteiger charge is 2.28. The first-order chi connectivity index (χ1) is 10.8. The lowest BCUT2D eigenvalue weighted by Crippen LogP contribution is -2.40. The zero-order valence-corrected chi connectivity index (χ0v) is 14.0. The topological polar surface area (TPSA) is 47.4 Å². The summed E-state index contributed by atoms with van der Waals surface area (Å²) in [6.45, 7) is 7.38. The molecule has 0 N–H and O–H groups in total. The first-order valence-electron chi connectivity index (χ1n) is 8.69. The number of aryl methyl sites for hydroxylation is 1. The number of carbonyl (C=O) groups is 1. The Labute approximate surface area is 133 Å². The molecule has 0 radical (unpaired) electrons. The first-order valence-corrected chi connectivity index (χ1v) is 8.69. The summed E-state index contributed by atoms with van der Waals surface area (Å²) in [5, 5.41) is 0. The predicted octanol–water partition coefficient (Wildman–Crippen LogP) is 3.80. The van der Waals surface area contributed by atoms with E-state index in [1.54, 1.807) is 0 Å². The molecule has 1 aromatic rings. The summed E-state index contributed by atoms with van der Waals surface area (Å²) in [7, 11) is 0. The predicted molar refractivity (Wildman–Crippen MR) is 86.9 cm³/mol. The summed E-state index contributed by atoms with van der Waals surface area (Å²) in [5.41, 5.74) is 0. The zero-order valence-electron chi connectivity index (χ0n) is 14.0. The van der Waals surface area contributed by atoms with Crippen LogP contribution in [0.25, 0.3) is 0 Å². The van der Waals surface area contributed by atoms with E-state index in [4.69, 9.17) is 4.74 Å². The molecular formula is C17H29N3O2. The number of aromatic nitrogens is 2. The maximum Gasteiger partial charge on any atom is 0.409 e. The van der Waals surface area contributed by atoms with Crippen LogP contribution < -0.4 is 0 Å². The number of rotatable bonds is 7. The quantitative estimate of drug-likeness (QED) is 0.720. The number of likely N-dealkylation sites (tertiary alicyclic amines) is 1.